The van der Waals surface area contributed by atoms with Crippen molar-refractivity contribution in [1.29, 1.82) is 0 Å². The highest BCUT2D eigenvalue weighted by Gasteiger charge is 2.25. The van der Waals surface area contributed by atoms with Crippen molar-refractivity contribution < 1.29 is 18.8 Å². The number of hydrogen-bond acceptors (Lipinski definition) is 7. The molecule has 0 radical (unpaired) electrons. The molecule has 1 saturated heterocycles. The van der Waals surface area contributed by atoms with Gasteiger partial charge in [0.05, 0.1) is 7.11 Å². The lowest BCUT2D eigenvalue weighted by atomic mass is 9.93. The zero-order valence-electron chi connectivity index (χ0n) is 15.8. The molecule has 2 heterocycles. The summed E-state index contributed by atoms with van der Waals surface area (Å²) in [4.78, 5) is 19.0. The second kappa shape index (κ2) is 8.85. The normalized spacial score (nSPS) is 15.0. The van der Waals surface area contributed by atoms with E-state index in [1.165, 1.54) is 0 Å². The smallest absolute Gasteiger partial charge is 0.253 e. The second-order valence-corrected chi connectivity index (χ2v) is 6.67. The monoisotopic (exact) mass is 374 g/mol. The van der Waals surface area contributed by atoms with Gasteiger partial charge in [-0.3, -0.25) is 4.79 Å². The van der Waals surface area contributed by atoms with Crippen LogP contribution in [0.2, 0.25) is 0 Å². The lowest BCUT2D eigenvalue weighted by Crippen LogP contribution is -2.39. The molecule has 0 unspecified atom stereocenters. The molecule has 1 aromatic carbocycles. The summed E-state index contributed by atoms with van der Waals surface area (Å²) in [6.45, 7) is 4.04. The minimum atomic E-state index is 0.00697. The molecule has 3 rings (SSSR count). The number of nitrogens with two attached hydrogens (primary N) is 1. The maximum atomic E-state index is 12.8. The summed E-state index contributed by atoms with van der Waals surface area (Å²) < 4.78 is 15.9. The van der Waals surface area contributed by atoms with Crippen molar-refractivity contribution in [3.63, 3.8) is 0 Å². The number of carbonyl (C=O) groups is 1. The van der Waals surface area contributed by atoms with Gasteiger partial charge in [-0.25, -0.2) is 0 Å². The fourth-order valence-electron chi connectivity index (χ4n) is 3.29. The molecule has 2 aromatic rings. The van der Waals surface area contributed by atoms with Crippen LogP contribution in [0.5, 0.6) is 11.5 Å². The van der Waals surface area contributed by atoms with E-state index in [4.69, 9.17) is 19.7 Å². The van der Waals surface area contributed by atoms with Gasteiger partial charge in [0.15, 0.2) is 17.3 Å². The quantitative estimate of drug-likeness (QED) is 0.788. The predicted octanol–water partition coefficient (Wildman–Crippen LogP) is 1.82. The molecule has 1 fully saturated rings. The Kier molecular flexibility index (Phi) is 6.28. The molecule has 0 bridgehead atoms. The third-order valence-electron chi connectivity index (χ3n) is 4.73. The first-order chi connectivity index (χ1) is 13.1. The fraction of sp³-hybridized carbons (Fsp3) is 0.526. The number of carbonyl (C=O) groups excluding carboxylic acids is 1. The number of hydrogen-bond donors (Lipinski definition) is 1. The van der Waals surface area contributed by atoms with Crippen molar-refractivity contribution in [2.24, 2.45) is 11.7 Å². The van der Waals surface area contributed by atoms with Gasteiger partial charge in [0.1, 0.15) is 6.61 Å². The third kappa shape index (κ3) is 4.77. The summed E-state index contributed by atoms with van der Waals surface area (Å²) in [5, 5.41) is 3.96. The second-order valence-electron chi connectivity index (χ2n) is 6.67. The van der Waals surface area contributed by atoms with E-state index in [1.807, 2.05) is 4.90 Å². The van der Waals surface area contributed by atoms with Gasteiger partial charge < -0.3 is 24.6 Å². The first-order valence-electron chi connectivity index (χ1n) is 9.20. The van der Waals surface area contributed by atoms with Gasteiger partial charge in [0.25, 0.3) is 5.91 Å². The molecule has 8 heteroatoms. The van der Waals surface area contributed by atoms with Crippen molar-refractivity contribution in [3.8, 4) is 11.5 Å². The van der Waals surface area contributed by atoms with Crippen LogP contribution in [0.25, 0.3) is 0 Å². The van der Waals surface area contributed by atoms with Crippen LogP contribution in [0.3, 0.4) is 0 Å². The van der Waals surface area contributed by atoms with Crippen LogP contribution < -0.4 is 15.2 Å². The van der Waals surface area contributed by atoms with Crippen LogP contribution in [0, 0.1) is 12.8 Å². The van der Waals surface area contributed by atoms with Crippen molar-refractivity contribution in [1.82, 2.24) is 15.0 Å². The number of nitrogens with zero attached hydrogens (tertiary/aromatic N) is 3. The standard InChI is InChI=1S/C19H26N4O4/c1-13-21-18(22-27-13)11-14-5-8-23(9-6-14)19(24)15-3-4-16(26-10-7-20)17(12-15)25-2/h3-4,12,14H,5-11,20H2,1-2H3. The van der Waals surface area contributed by atoms with E-state index >= 15 is 0 Å². The van der Waals surface area contributed by atoms with E-state index in [1.54, 1.807) is 32.2 Å². The van der Waals surface area contributed by atoms with Gasteiger partial charge in [0, 0.05) is 38.5 Å². The predicted molar refractivity (Wildman–Crippen MR) is 98.9 cm³/mol. The van der Waals surface area contributed by atoms with Crippen molar-refractivity contribution in [3.05, 3.63) is 35.5 Å². The van der Waals surface area contributed by atoms with Gasteiger partial charge >= 0.3 is 0 Å². The fourth-order valence-corrected chi connectivity index (χ4v) is 3.29. The van der Waals surface area contributed by atoms with Crippen molar-refractivity contribution in [2.45, 2.75) is 26.2 Å². The molecule has 146 valence electrons. The molecule has 27 heavy (non-hydrogen) atoms. The topological polar surface area (TPSA) is 104 Å². The Morgan fingerprint density at radius 1 is 1.33 bits per heavy atom. The van der Waals surface area contributed by atoms with Gasteiger partial charge in [-0.05, 0) is 37.0 Å². The van der Waals surface area contributed by atoms with E-state index in [-0.39, 0.29) is 5.91 Å². The molecule has 0 saturated carbocycles. The Morgan fingerprint density at radius 3 is 2.74 bits per heavy atom. The zero-order valence-corrected chi connectivity index (χ0v) is 15.8. The van der Waals surface area contributed by atoms with Crippen LogP contribution in [0.1, 0.15) is 34.9 Å². The summed E-state index contributed by atoms with van der Waals surface area (Å²) in [5.74, 6) is 2.94. The van der Waals surface area contributed by atoms with E-state index in [2.05, 4.69) is 10.1 Å². The van der Waals surface area contributed by atoms with Gasteiger partial charge in [-0.1, -0.05) is 5.16 Å². The molecule has 0 atom stereocenters. The lowest BCUT2D eigenvalue weighted by molar-refractivity contribution is 0.0689. The minimum absolute atomic E-state index is 0.00697. The molecule has 1 aromatic heterocycles. The summed E-state index contributed by atoms with van der Waals surface area (Å²) in [5.41, 5.74) is 6.06. The van der Waals surface area contributed by atoms with E-state index in [0.29, 0.717) is 55.1 Å². The number of likely N-dealkylation sites (tertiary alicyclic amines) is 1. The number of methoxy groups -OCH3 is 1. The van der Waals surface area contributed by atoms with E-state index in [9.17, 15) is 4.79 Å². The maximum Gasteiger partial charge on any atom is 0.253 e. The third-order valence-corrected chi connectivity index (χ3v) is 4.73. The Morgan fingerprint density at radius 2 is 2.11 bits per heavy atom. The molecular formula is C19H26N4O4. The van der Waals surface area contributed by atoms with Crippen LogP contribution in [0.15, 0.2) is 22.7 Å². The summed E-state index contributed by atoms with van der Waals surface area (Å²) in [6, 6.07) is 5.25. The van der Waals surface area contributed by atoms with Crippen LogP contribution in [-0.4, -0.2) is 54.3 Å². The molecular weight excluding hydrogens is 348 g/mol. The number of rotatable bonds is 7. The molecule has 1 aliphatic heterocycles. The van der Waals surface area contributed by atoms with Gasteiger partial charge in [0.2, 0.25) is 5.89 Å². The highest BCUT2D eigenvalue weighted by atomic mass is 16.5. The number of ether oxygens (including phenoxy) is 2. The summed E-state index contributed by atoms with van der Waals surface area (Å²) in [6.07, 6.45) is 2.64. The highest BCUT2D eigenvalue weighted by Crippen LogP contribution is 2.29. The average Bonchev–Trinajstić information content (AvgIpc) is 3.11. The Hall–Kier alpha value is -2.61. The summed E-state index contributed by atoms with van der Waals surface area (Å²) >= 11 is 0. The van der Waals surface area contributed by atoms with Crippen molar-refractivity contribution >= 4 is 5.91 Å². The number of benzene rings is 1. The molecule has 0 aliphatic carbocycles. The largest absolute Gasteiger partial charge is 0.493 e. The molecule has 8 nitrogen and oxygen atoms in total. The minimum Gasteiger partial charge on any atom is -0.493 e. The lowest BCUT2D eigenvalue weighted by Gasteiger charge is -2.31. The van der Waals surface area contributed by atoms with Crippen LogP contribution in [-0.2, 0) is 6.42 Å². The number of piperidine rings is 1. The summed E-state index contributed by atoms with van der Waals surface area (Å²) in [7, 11) is 1.56. The first kappa shape index (κ1) is 19.2. The molecule has 2 N–H and O–H groups in total. The first-order valence-corrected chi connectivity index (χ1v) is 9.20. The number of amides is 1. The van der Waals surface area contributed by atoms with Crippen LogP contribution in [0.4, 0.5) is 0 Å². The Balaban J connectivity index is 1.58. The average molecular weight is 374 g/mol. The maximum absolute atomic E-state index is 12.8. The van der Waals surface area contributed by atoms with Gasteiger partial charge in [-0.15, -0.1) is 0 Å². The Bertz CT molecular complexity index is 769. The van der Waals surface area contributed by atoms with Crippen LogP contribution >= 0.6 is 0 Å². The number of aromatic nitrogens is 2. The SMILES string of the molecule is COc1cc(C(=O)N2CCC(Cc3noc(C)n3)CC2)ccc1OCCN. The van der Waals surface area contributed by atoms with E-state index < -0.39 is 0 Å². The van der Waals surface area contributed by atoms with E-state index in [0.717, 1.165) is 25.1 Å². The molecule has 1 amide bonds. The van der Waals surface area contributed by atoms with Crippen molar-refractivity contribution in [2.75, 3.05) is 33.4 Å². The molecule has 0 spiro atoms. The number of aryl methyl sites for hydroxylation is 1. The zero-order chi connectivity index (χ0) is 19.2. The Labute approximate surface area is 158 Å². The highest BCUT2D eigenvalue weighted by molar-refractivity contribution is 5.95. The molecule has 1 aliphatic rings. The van der Waals surface area contributed by atoms with Gasteiger partial charge in [-0.2, -0.15) is 4.98 Å².